The van der Waals surface area contributed by atoms with Crippen LogP contribution in [0.4, 0.5) is 21.0 Å². The van der Waals surface area contributed by atoms with E-state index in [9.17, 15) is 9.59 Å². The summed E-state index contributed by atoms with van der Waals surface area (Å²) in [7, 11) is 0. The normalized spacial score (nSPS) is 8.57. The Labute approximate surface area is 79.2 Å². The molecule has 0 atom stereocenters. The molecule has 0 unspecified atom stereocenters. The fourth-order valence-corrected chi connectivity index (χ4v) is 0.803. The van der Waals surface area contributed by atoms with Gasteiger partial charge in [0, 0.05) is 6.07 Å². The van der Waals surface area contributed by atoms with Gasteiger partial charge in [-0.3, -0.25) is 10.6 Å². The van der Waals surface area contributed by atoms with E-state index < -0.39 is 12.2 Å². The summed E-state index contributed by atoms with van der Waals surface area (Å²) in [4.78, 5) is 20.5. The van der Waals surface area contributed by atoms with Gasteiger partial charge in [-0.05, 0) is 12.1 Å². The molecule has 0 fully saturated rings. The molecule has 6 nitrogen and oxygen atoms in total. The zero-order valence-corrected chi connectivity index (χ0v) is 6.87. The molecule has 0 aliphatic carbocycles. The molecule has 2 amide bonds. The predicted molar refractivity (Wildman–Crippen MR) is 47.4 cm³/mol. The molecule has 4 N–H and O–H groups in total. The van der Waals surface area contributed by atoms with Gasteiger partial charge in [0.1, 0.15) is 0 Å². The van der Waals surface area contributed by atoms with Gasteiger partial charge >= 0.3 is 12.2 Å². The van der Waals surface area contributed by atoms with E-state index in [-0.39, 0.29) is 11.4 Å². The minimum Gasteiger partial charge on any atom is -0.465 e. The molecule has 6 heteroatoms. The Kier molecular flexibility index (Phi) is 2.76. The summed E-state index contributed by atoms with van der Waals surface area (Å²) in [5.74, 6) is 0. The standard InChI is InChI=1S/C8H6N2O4/c11-7(12)9-5-2-1-3-6(4-5)10-8(13)14/h2,4,9-10H,(H,11,12)(H,13,14). The summed E-state index contributed by atoms with van der Waals surface area (Å²) < 4.78 is 0. The monoisotopic (exact) mass is 194 g/mol. The van der Waals surface area contributed by atoms with E-state index in [1.165, 1.54) is 12.1 Å². The van der Waals surface area contributed by atoms with Crippen LogP contribution >= 0.6 is 0 Å². The zero-order valence-electron chi connectivity index (χ0n) is 6.87. The quantitative estimate of drug-likeness (QED) is 0.572. The topological polar surface area (TPSA) is 98.7 Å². The van der Waals surface area contributed by atoms with E-state index >= 15 is 0 Å². The lowest BCUT2D eigenvalue weighted by molar-refractivity contribution is 0.208. The van der Waals surface area contributed by atoms with Crippen molar-refractivity contribution >= 4 is 23.6 Å². The number of anilines is 2. The van der Waals surface area contributed by atoms with E-state index in [1.807, 2.05) is 5.32 Å². The minimum atomic E-state index is -1.25. The van der Waals surface area contributed by atoms with Crippen LogP contribution in [0, 0.1) is 12.1 Å². The molecule has 0 bridgehead atoms. The highest BCUT2D eigenvalue weighted by molar-refractivity contribution is 5.86. The molecule has 0 aliphatic heterocycles. The maximum Gasteiger partial charge on any atom is 0.409 e. The highest BCUT2D eigenvalue weighted by Gasteiger charge is 2.00. The van der Waals surface area contributed by atoms with Gasteiger partial charge < -0.3 is 10.2 Å². The lowest BCUT2D eigenvalue weighted by Gasteiger charge is -2.00. The van der Waals surface area contributed by atoms with Crippen molar-refractivity contribution in [2.24, 2.45) is 0 Å². The summed E-state index contributed by atoms with van der Waals surface area (Å²) in [6.45, 7) is 0. The Morgan fingerprint density at radius 3 is 2.43 bits per heavy atom. The summed E-state index contributed by atoms with van der Waals surface area (Å²) in [5, 5.41) is 20.8. The van der Waals surface area contributed by atoms with Crippen molar-refractivity contribution in [2.75, 3.05) is 10.6 Å². The number of carboxylic acid groups (broad SMARTS) is 2. The van der Waals surface area contributed by atoms with E-state index in [0.29, 0.717) is 0 Å². The van der Waals surface area contributed by atoms with Crippen LogP contribution in [0.15, 0.2) is 12.1 Å². The highest BCUT2D eigenvalue weighted by Crippen LogP contribution is 2.10. The second-order valence-corrected chi connectivity index (χ2v) is 2.29. The van der Waals surface area contributed by atoms with Gasteiger partial charge in [0.25, 0.3) is 0 Å². The molecule has 0 saturated heterocycles. The van der Waals surface area contributed by atoms with E-state index in [4.69, 9.17) is 10.2 Å². The molecular formula is C8H6N2O4. The smallest absolute Gasteiger partial charge is 0.409 e. The molecule has 1 rings (SSSR count). The molecule has 0 heterocycles. The lowest BCUT2D eigenvalue weighted by Crippen LogP contribution is -2.09. The average molecular weight is 194 g/mol. The number of hydrogen-bond donors (Lipinski definition) is 4. The number of nitrogens with one attached hydrogen (secondary N) is 2. The van der Waals surface area contributed by atoms with Crippen LogP contribution in [0.3, 0.4) is 0 Å². The van der Waals surface area contributed by atoms with E-state index in [1.54, 1.807) is 0 Å². The second-order valence-electron chi connectivity index (χ2n) is 2.29. The SMILES string of the molecule is O=C(O)Nc1c#ccc(NC(=O)O)c1. The third-order valence-corrected chi connectivity index (χ3v) is 1.23. The largest absolute Gasteiger partial charge is 0.465 e. The maximum atomic E-state index is 10.2. The molecule has 0 aromatic heterocycles. The van der Waals surface area contributed by atoms with E-state index in [2.05, 4.69) is 17.4 Å². The van der Waals surface area contributed by atoms with Gasteiger partial charge in [-0.2, -0.15) is 0 Å². The summed E-state index contributed by atoms with van der Waals surface area (Å²) in [6.07, 6.45) is -2.48. The van der Waals surface area contributed by atoms with Crippen LogP contribution in [0.5, 0.6) is 0 Å². The molecule has 1 aromatic carbocycles. The molecule has 0 saturated carbocycles. The summed E-state index contributed by atoms with van der Waals surface area (Å²) in [5.41, 5.74) is 0.351. The first kappa shape index (κ1) is 9.67. The Morgan fingerprint density at radius 1 is 1.21 bits per heavy atom. The van der Waals surface area contributed by atoms with Gasteiger partial charge in [-0.25, -0.2) is 9.59 Å². The van der Waals surface area contributed by atoms with Crippen molar-refractivity contribution in [3.05, 3.63) is 24.3 Å². The number of carbonyl (C=O) groups is 2. The van der Waals surface area contributed by atoms with Crippen molar-refractivity contribution in [3.63, 3.8) is 0 Å². The van der Waals surface area contributed by atoms with Crippen molar-refractivity contribution in [3.8, 4) is 0 Å². The van der Waals surface area contributed by atoms with Crippen LogP contribution in [0.25, 0.3) is 0 Å². The first-order valence-corrected chi connectivity index (χ1v) is 3.51. The Hall–Kier alpha value is -2.42. The molecule has 0 radical (unpaired) electrons. The average Bonchev–Trinajstić information content (AvgIpc) is 2.01. The van der Waals surface area contributed by atoms with Crippen molar-refractivity contribution in [1.29, 1.82) is 0 Å². The van der Waals surface area contributed by atoms with Gasteiger partial charge in [0.15, 0.2) is 0 Å². The number of rotatable bonds is 2. The van der Waals surface area contributed by atoms with Crippen LogP contribution < -0.4 is 10.6 Å². The lowest BCUT2D eigenvalue weighted by atomic mass is 10.3. The third-order valence-electron chi connectivity index (χ3n) is 1.23. The molecule has 72 valence electrons. The van der Waals surface area contributed by atoms with Crippen molar-refractivity contribution < 1.29 is 19.8 Å². The minimum absolute atomic E-state index is 0.128. The first-order valence-electron chi connectivity index (χ1n) is 3.51. The van der Waals surface area contributed by atoms with Crippen LogP contribution in [0.2, 0.25) is 0 Å². The molecular weight excluding hydrogens is 188 g/mol. The maximum absolute atomic E-state index is 10.2. The van der Waals surface area contributed by atoms with Crippen LogP contribution in [-0.2, 0) is 0 Å². The zero-order chi connectivity index (χ0) is 10.6. The van der Waals surface area contributed by atoms with Crippen LogP contribution in [-0.4, -0.2) is 22.4 Å². The third kappa shape index (κ3) is 2.91. The van der Waals surface area contributed by atoms with Crippen LogP contribution in [0.1, 0.15) is 0 Å². The Balaban J connectivity index is 2.78. The fraction of sp³-hybridized carbons (Fsp3) is 0. The van der Waals surface area contributed by atoms with E-state index in [0.717, 1.165) is 0 Å². The second kappa shape index (κ2) is 4.00. The van der Waals surface area contributed by atoms with Gasteiger partial charge in [-0.15, -0.1) is 0 Å². The highest BCUT2D eigenvalue weighted by atomic mass is 16.4. The van der Waals surface area contributed by atoms with Crippen molar-refractivity contribution in [2.45, 2.75) is 0 Å². The molecule has 14 heavy (non-hydrogen) atoms. The predicted octanol–water partition coefficient (Wildman–Crippen LogP) is 1.47. The Bertz CT molecular complexity index is 333. The fourth-order valence-electron chi connectivity index (χ4n) is 0.803. The molecule has 0 spiro atoms. The Morgan fingerprint density at radius 2 is 1.86 bits per heavy atom. The summed E-state index contributed by atoms with van der Waals surface area (Å²) >= 11 is 0. The van der Waals surface area contributed by atoms with Gasteiger partial charge in [-0.1, -0.05) is 6.07 Å². The number of amides is 2. The van der Waals surface area contributed by atoms with Gasteiger partial charge in [0.2, 0.25) is 0 Å². The first-order chi connectivity index (χ1) is 6.58. The summed E-state index contributed by atoms with van der Waals surface area (Å²) in [6, 6.07) is 7.55. The molecule has 1 aromatic rings. The molecule has 0 aliphatic rings. The number of hydrogen-bond acceptors (Lipinski definition) is 2. The van der Waals surface area contributed by atoms with Crippen molar-refractivity contribution in [1.82, 2.24) is 0 Å². The van der Waals surface area contributed by atoms with Gasteiger partial charge in [0.05, 0.1) is 11.4 Å².